The van der Waals surface area contributed by atoms with E-state index in [-0.39, 0.29) is 16.9 Å². The summed E-state index contributed by atoms with van der Waals surface area (Å²) < 4.78 is 13.3. The highest BCUT2D eigenvalue weighted by Gasteiger charge is 2.38. The van der Waals surface area contributed by atoms with E-state index in [0.29, 0.717) is 19.1 Å². The molecular formula is C23H31FN4S. The molecular weight excluding hydrogens is 383 g/mol. The molecule has 3 rings (SSSR count). The van der Waals surface area contributed by atoms with E-state index in [0.717, 1.165) is 29.1 Å². The minimum Gasteiger partial charge on any atom is -0.360 e. The summed E-state index contributed by atoms with van der Waals surface area (Å²) in [6, 6.07) is 10.9. The number of halogens is 1. The summed E-state index contributed by atoms with van der Waals surface area (Å²) in [5.41, 5.74) is 2.19. The summed E-state index contributed by atoms with van der Waals surface area (Å²) in [4.78, 5) is 6.35. The number of piperidine rings is 1. The van der Waals surface area contributed by atoms with E-state index < -0.39 is 0 Å². The molecule has 0 bridgehead atoms. The quantitative estimate of drug-likeness (QED) is 0.710. The molecule has 2 aromatic rings. The average Bonchev–Trinajstić information content (AvgIpc) is 2.61. The minimum atomic E-state index is -0.229. The van der Waals surface area contributed by atoms with E-state index in [1.54, 1.807) is 6.20 Å². The number of nitrogens with one attached hydrogen (secondary N) is 2. The van der Waals surface area contributed by atoms with Crippen molar-refractivity contribution in [2.75, 3.05) is 0 Å². The predicted molar refractivity (Wildman–Crippen MR) is 120 cm³/mol. The van der Waals surface area contributed by atoms with Crippen LogP contribution < -0.4 is 10.6 Å². The van der Waals surface area contributed by atoms with Gasteiger partial charge >= 0.3 is 0 Å². The van der Waals surface area contributed by atoms with Gasteiger partial charge in [-0.1, -0.05) is 18.2 Å². The van der Waals surface area contributed by atoms with Crippen molar-refractivity contribution in [1.29, 1.82) is 0 Å². The lowest BCUT2D eigenvalue weighted by Gasteiger charge is -2.47. The molecule has 4 nitrogen and oxygen atoms in total. The van der Waals surface area contributed by atoms with Crippen LogP contribution >= 0.6 is 12.2 Å². The molecule has 156 valence electrons. The maximum Gasteiger partial charge on any atom is 0.169 e. The summed E-state index contributed by atoms with van der Waals surface area (Å²) in [5, 5.41) is 8.03. The van der Waals surface area contributed by atoms with Crippen molar-refractivity contribution in [1.82, 2.24) is 20.5 Å². The van der Waals surface area contributed by atoms with Crippen molar-refractivity contribution < 1.29 is 4.39 Å². The van der Waals surface area contributed by atoms with E-state index in [1.165, 1.54) is 12.1 Å². The Morgan fingerprint density at radius 3 is 2.31 bits per heavy atom. The highest BCUT2D eigenvalue weighted by Crippen LogP contribution is 2.28. The third-order valence-electron chi connectivity index (χ3n) is 5.19. The van der Waals surface area contributed by atoms with Gasteiger partial charge < -0.3 is 15.5 Å². The Labute approximate surface area is 178 Å². The lowest BCUT2D eigenvalue weighted by molar-refractivity contribution is 0.153. The highest BCUT2D eigenvalue weighted by molar-refractivity contribution is 7.80. The second-order valence-electron chi connectivity index (χ2n) is 9.29. The van der Waals surface area contributed by atoms with Crippen LogP contribution in [-0.4, -0.2) is 32.1 Å². The molecule has 1 saturated heterocycles. The van der Waals surface area contributed by atoms with E-state index in [1.807, 2.05) is 30.5 Å². The zero-order valence-corrected chi connectivity index (χ0v) is 18.5. The van der Waals surface area contributed by atoms with Crippen LogP contribution in [0.15, 0.2) is 48.8 Å². The number of nitrogens with zero attached hydrogens (tertiary/aromatic N) is 2. The van der Waals surface area contributed by atoms with Gasteiger partial charge in [0.15, 0.2) is 5.11 Å². The van der Waals surface area contributed by atoms with Crippen LogP contribution in [-0.2, 0) is 13.1 Å². The zero-order chi connectivity index (χ0) is 21.1. The number of rotatable bonds is 5. The Hall–Kier alpha value is -2.05. The normalized spacial score (nSPS) is 18.2. The summed E-state index contributed by atoms with van der Waals surface area (Å²) in [5.74, 6) is -0.229. The van der Waals surface area contributed by atoms with Gasteiger partial charge in [-0.3, -0.25) is 4.98 Å². The molecule has 0 amide bonds. The van der Waals surface area contributed by atoms with Crippen LogP contribution in [0.3, 0.4) is 0 Å². The predicted octanol–water partition coefficient (Wildman–Crippen LogP) is 4.41. The monoisotopic (exact) mass is 414 g/mol. The number of thiocarbonyl (C=S) groups is 1. The van der Waals surface area contributed by atoms with Crippen LogP contribution in [0.5, 0.6) is 0 Å². The van der Waals surface area contributed by atoms with E-state index in [9.17, 15) is 4.39 Å². The molecule has 1 aromatic heterocycles. The van der Waals surface area contributed by atoms with E-state index in [4.69, 9.17) is 12.2 Å². The Kier molecular flexibility index (Phi) is 6.54. The molecule has 1 fully saturated rings. The lowest BCUT2D eigenvalue weighted by Crippen LogP contribution is -2.62. The molecule has 0 saturated carbocycles. The average molecular weight is 415 g/mol. The lowest BCUT2D eigenvalue weighted by atomic mass is 9.80. The van der Waals surface area contributed by atoms with Gasteiger partial charge in [-0.15, -0.1) is 0 Å². The molecule has 6 heteroatoms. The second-order valence-corrected chi connectivity index (χ2v) is 9.68. The molecule has 0 aliphatic carbocycles. The Morgan fingerprint density at radius 2 is 1.72 bits per heavy atom. The summed E-state index contributed by atoms with van der Waals surface area (Å²) in [7, 11) is 0. The summed E-state index contributed by atoms with van der Waals surface area (Å²) >= 11 is 5.83. The second kappa shape index (κ2) is 8.76. The number of hydrogen-bond donors (Lipinski definition) is 2. The third-order valence-corrected chi connectivity index (χ3v) is 5.56. The van der Waals surface area contributed by atoms with Crippen LogP contribution in [0.25, 0.3) is 0 Å². The van der Waals surface area contributed by atoms with Crippen molar-refractivity contribution in [3.05, 3.63) is 65.7 Å². The molecule has 0 radical (unpaired) electrons. The molecule has 1 aliphatic heterocycles. The van der Waals surface area contributed by atoms with E-state index in [2.05, 4.69) is 48.2 Å². The summed E-state index contributed by atoms with van der Waals surface area (Å²) in [6.07, 6.45) is 5.61. The van der Waals surface area contributed by atoms with Crippen LogP contribution in [0, 0.1) is 5.82 Å². The number of aromatic nitrogens is 1. The fraction of sp³-hybridized carbons (Fsp3) is 0.478. The highest BCUT2D eigenvalue weighted by atomic mass is 32.1. The topological polar surface area (TPSA) is 40.2 Å². The molecule has 2 heterocycles. The summed E-state index contributed by atoms with van der Waals surface area (Å²) in [6.45, 7) is 10.2. The Balaban J connectivity index is 1.75. The first-order valence-electron chi connectivity index (χ1n) is 10.1. The first-order chi connectivity index (χ1) is 13.6. The largest absolute Gasteiger partial charge is 0.360 e. The van der Waals surface area contributed by atoms with Crippen molar-refractivity contribution in [3.8, 4) is 0 Å². The number of hydrogen-bond acceptors (Lipinski definition) is 3. The minimum absolute atomic E-state index is 0.0418. The van der Waals surface area contributed by atoms with Crippen LogP contribution in [0.1, 0.15) is 51.7 Å². The fourth-order valence-corrected chi connectivity index (χ4v) is 4.71. The van der Waals surface area contributed by atoms with Gasteiger partial charge in [-0.25, -0.2) is 4.39 Å². The Morgan fingerprint density at radius 1 is 1.10 bits per heavy atom. The van der Waals surface area contributed by atoms with Crippen LogP contribution in [0.2, 0.25) is 0 Å². The number of benzene rings is 1. The molecule has 2 N–H and O–H groups in total. The van der Waals surface area contributed by atoms with Gasteiger partial charge in [0.1, 0.15) is 5.82 Å². The maximum absolute atomic E-state index is 13.3. The van der Waals surface area contributed by atoms with Crippen molar-refractivity contribution in [2.45, 2.75) is 70.7 Å². The van der Waals surface area contributed by atoms with Crippen molar-refractivity contribution in [2.24, 2.45) is 0 Å². The third kappa shape index (κ3) is 6.47. The van der Waals surface area contributed by atoms with Gasteiger partial charge in [0.05, 0.1) is 0 Å². The molecule has 0 unspecified atom stereocenters. The standard InChI is InChI=1S/C23H31FN4S/c1-22(2)12-20(13-23(3,4)27-22)26-21(29)28(16-18-6-5-11-25-14-18)15-17-7-9-19(24)10-8-17/h5-11,14,20,27H,12-13,15-16H2,1-4H3,(H,26,29). The fourth-order valence-electron chi connectivity index (χ4n) is 4.41. The molecule has 1 aliphatic rings. The van der Waals surface area contributed by atoms with Gasteiger partial charge in [-0.05, 0) is 82.1 Å². The molecule has 0 atom stereocenters. The van der Waals surface area contributed by atoms with Crippen molar-refractivity contribution in [3.63, 3.8) is 0 Å². The van der Waals surface area contributed by atoms with Crippen LogP contribution in [0.4, 0.5) is 4.39 Å². The molecule has 0 spiro atoms. The molecule has 29 heavy (non-hydrogen) atoms. The maximum atomic E-state index is 13.3. The first-order valence-corrected chi connectivity index (χ1v) is 10.5. The SMILES string of the molecule is CC1(C)CC(NC(=S)N(Cc2ccc(F)cc2)Cc2cccnc2)CC(C)(C)N1. The molecule has 1 aromatic carbocycles. The smallest absolute Gasteiger partial charge is 0.169 e. The Bertz CT molecular complexity index is 805. The van der Waals surface area contributed by atoms with Gasteiger partial charge in [-0.2, -0.15) is 0 Å². The van der Waals surface area contributed by atoms with Gasteiger partial charge in [0.25, 0.3) is 0 Å². The first kappa shape index (κ1) is 21.7. The van der Waals surface area contributed by atoms with Gasteiger partial charge in [0.2, 0.25) is 0 Å². The van der Waals surface area contributed by atoms with Gasteiger partial charge in [0, 0.05) is 42.6 Å². The number of pyridine rings is 1. The van der Waals surface area contributed by atoms with Crippen molar-refractivity contribution >= 4 is 17.3 Å². The van der Waals surface area contributed by atoms with E-state index >= 15 is 0 Å². The zero-order valence-electron chi connectivity index (χ0n) is 17.7.